The molecule has 0 saturated carbocycles. The van der Waals surface area contributed by atoms with Gasteiger partial charge in [0.25, 0.3) is 0 Å². The maximum absolute atomic E-state index is 7.08. The lowest BCUT2D eigenvalue weighted by molar-refractivity contribution is 0.232. The number of hydrogen-bond acceptors (Lipinski definition) is 6. The van der Waals surface area contributed by atoms with Crippen LogP contribution in [-0.4, -0.2) is 28.2 Å². The zero-order valence-corrected chi connectivity index (χ0v) is 13.1. The van der Waals surface area contributed by atoms with Crippen molar-refractivity contribution in [1.29, 1.82) is 5.41 Å². The van der Waals surface area contributed by atoms with E-state index in [9.17, 15) is 0 Å². The Morgan fingerprint density at radius 2 is 2.32 bits per heavy atom. The summed E-state index contributed by atoms with van der Waals surface area (Å²) >= 11 is 6.16. The zero-order chi connectivity index (χ0) is 16.2. The van der Waals surface area contributed by atoms with Gasteiger partial charge >= 0.3 is 0 Å². The van der Waals surface area contributed by atoms with Gasteiger partial charge in [0.1, 0.15) is 12.1 Å². The first-order chi connectivity index (χ1) is 10.7. The van der Waals surface area contributed by atoms with E-state index >= 15 is 0 Å². The summed E-state index contributed by atoms with van der Waals surface area (Å²) in [4.78, 5) is 17.0. The predicted molar refractivity (Wildman–Crippen MR) is 88.0 cm³/mol. The lowest BCUT2D eigenvalue weighted by atomic mass is 10.3. The van der Waals surface area contributed by atoms with Crippen LogP contribution in [0.3, 0.4) is 0 Å². The molecule has 0 bridgehead atoms. The largest absolute Gasteiger partial charge is 0.384 e. The molecule has 2 N–H and O–H groups in total. The molecule has 1 aromatic rings. The van der Waals surface area contributed by atoms with E-state index in [0.29, 0.717) is 23.0 Å². The molecule has 0 radical (unpaired) electrons. The van der Waals surface area contributed by atoms with Crippen molar-refractivity contribution in [1.82, 2.24) is 15.3 Å². The number of aliphatic imine (C=N–C) groups is 1. The van der Waals surface area contributed by atoms with Gasteiger partial charge in [-0.25, -0.2) is 4.99 Å². The second-order valence-electron chi connectivity index (χ2n) is 3.92. The number of aromatic nitrogens is 2. The molecule has 22 heavy (non-hydrogen) atoms. The van der Waals surface area contributed by atoms with Crippen molar-refractivity contribution >= 4 is 29.9 Å². The van der Waals surface area contributed by atoms with Crippen molar-refractivity contribution in [2.45, 2.75) is 20.4 Å². The molecule has 8 heteroatoms. The SMILES string of the molecule is C/C=N/O/C(C)=C/C(=N/C=N)C(/Cl)=C/NCc1cnccn1. The van der Waals surface area contributed by atoms with Crippen molar-refractivity contribution in [3.63, 3.8) is 0 Å². The molecule has 0 aromatic carbocycles. The first kappa shape index (κ1) is 17.5. The molecule has 0 spiro atoms. The molecule has 7 nitrogen and oxygen atoms in total. The van der Waals surface area contributed by atoms with Crippen molar-refractivity contribution < 1.29 is 4.84 Å². The molecule has 0 unspecified atom stereocenters. The topological polar surface area (TPSA) is 95.6 Å². The van der Waals surface area contributed by atoms with Crippen LogP contribution >= 0.6 is 11.6 Å². The third-order valence-electron chi connectivity index (χ3n) is 2.22. The van der Waals surface area contributed by atoms with Gasteiger partial charge in [0, 0.05) is 30.9 Å². The van der Waals surface area contributed by atoms with Crippen LogP contribution in [-0.2, 0) is 11.4 Å². The van der Waals surface area contributed by atoms with Crippen LogP contribution in [0.2, 0.25) is 0 Å². The van der Waals surface area contributed by atoms with Crippen LogP contribution in [0.5, 0.6) is 0 Å². The van der Waals surface area contributed by atoms with Crippen LogP contribution in [0.4, 0.5) is 0 Å². The highest BCUT2D eigenvalue weighted by molar-refractivity contribution is 6.45. The second-order valence-corrected chi connectivity index (χ2v) is 4.33. The van der Waals surface area contributed by atoms with Gasteiger partial charge in [-0.1, -0.05) is 16.8 Å². The Bertz CT molecular complexity index is 595. The summed E-state index contributed by atoms with van der Waals surface area (Å²) < 4.78 is 0. The number of halogens is 1. The van der Waals surface area contributed by atoms with Crippen molar-refractivity contribution in [2.75, 3.05) is 0 Å². The first-order valence-corrected chi connectivity index (χ1v) is 6.79. The van der Waals surface area contributed by atoms with Crippen LogP contribution in [0, 0.1) is 5.41 Å². The fourth-order valence-electron chi connectivity index (χ4n) is 1.33. The van der Waals surface area contributed by atoms with Crippen LogP contribution in [0.1, 0.15) is 19.5 Å². The van der Waals surface area contributed by atoms with E-state index in [-0.39, 0.29) is 0 Å². The van der Waals surface area contributed by atoms with Gasteiger partial charge in [-0.3, -0.25) is 15.4 Å². The summed E-state index contributed by atoms with van der Waals surface area (Å²) in [5.41, 5.74) is 1.16. The summed E-state index contributed by atoms with van der Waals surface area (Å²) in [6.45, 7) is 3.92. The highest BCUT2D eigenvalue weighted by atomic mass is 35.5. The number of nitrogens with one attached hydrogen (secondary N) is 2. The lowest BCUT2D eigenvalue weighted by Gasteiger charge is -2.03. The Balaban J connectivity index is 2.72. The molecular formula is C14H17ClN6O. The molecule has 0 amide bonds. The third kappa shape index (κ3) is 6.76. The second kappa shape index (κ2) is 10.2. The maximum Gasteiger partial charge on any atom is 0.134 e. The van der Waals surface area contributed by atoms with Crippen molar-refractivity contribution in [3.8, 4) is 0 Å². The highest BCUT2D eigenvalue weighted by Gasteiger charge is 2.03. The number of hydrogen-bond donors (Lipinski definition) is 2. The minimum Gasteiger partial charge on any atom is -0.384 e. The number of nitrogens with zero attached hydrogens (tertiary/aromatic N) is 4. The summed E-state index contributed by atoms with van der Waals surface area (Å²) in [7, 11) is 0. The molecule has 0 fully saturated rings. The van der Waals surface area contributed by atoms with Gasteiger partial charge in [-0.2, -0.15) is 0 Å². The zero-order valence-electron chi connectivity index (χ0n) is 12.3. The number of oxime groups is 1. The van der Waals surface area contributed by atoms with E-state index in [0.717, 1.165) is 12.0 Å². The van der Waals surface area contributed by atoms with Gasteiger partial charge in [-0.15, -0.1) is 0 Å². The summed E-state index contributed by atoms with van der Waals surface area (Å²) in [6, 6.07) is 0. The van der Waals surface area contributed by atoms with Crippen LogP contribution in [0.15, 0.2) is 51.8 Å². The minimum atomic E-state index is 0.329. The maximum atomic E-state index is 7.08. The first-order valence-electron chi connectivity index (χ1n) is 6.41. The molecule has 1 rings (SSSR count). The monoisotopic (exact) mass is 320 g/mol. The van der Waals surface area contributed by atoms with Gasteiger partial charge in [0.2, 0.25) is 0 Å². The van der Waals surface area contributed by atoms with Crippen LogP contribution < -0.4 is 5.32 Å². The van der Waals surface area contributed by atoms with E-state index in [2.05, 4.69) is 25.4 Å². The molecule has 0 aliphatic rings. The fourth-order valence-corrected chi connectivity index (χ4v) is 1.51. The average molecular weight is 321 g/mol. The Morgan fingerprint density at radius 3 is 2.95 bits per heavy atom. The van der Waals surface area contributed by atoms with Gasteiger partial charge in [0.15, 0.2) is 0 Å². The molecule has 0 saturated heterocycles. The normalized spacial score (nSPS) is 13.3. The lowest BCUT2D eigenvalue weighted by Crippen LogP contribution is -2.09. The fraction of sp³-hybridized carbons (Fsp3) is 0.214. The predicted octanol–water partition coefficient (Wildman–Crippen LogP) is 2.62. The third-order valence-corrected chi connectivity index (χ3v) is 2.52. The molecule has 0 aliphatic heterocycles. The average Bonchev–Trinajstić information content (AvgIpc) is 2.53. The van der Waals surface area contributed by atoms with E-state index in [1.54, 1.807) is 44.7 Å². The molecule has 0 aliphatic carbocycles. The summed E-state index contributed by atoms with van der Waals surface area (Å²) in [6.07, 6.45) is 10.5. The van der Waals surface area contributed by atoms with E-state index in [1.807, 2.05) is 0 Å². The van der Waals surface area contributed by atoms with Gasteiger partial charge in [0.05, 0.1) is 29.2 Å². The molecule has 1 aromatic heterocycles. The Hall–Kier alpha value is -2.54. The van der Waals surface area contributed by atoms with E-state index in [4.69, 9.17) is 21.8 Å². The number of allylic oxidation sites excluding steroid dienone is 3. The smallest absolute Gasteiger partial charge is 0.134 e. The Labute approximate surface area is 134 Å². The van der Waals surface area contributed by atoms with Gasteiger partial charge < -0.3 is 10.2 Å². The quantitative estimate of drug-likeness (QED) is 0.333. The molecule has 1 heterocycles. The summed E-state index contributed by atoms with van der Waals surface area (Å²) in [5, 5.41) is 14.1. The number of rotatable bonds is 8. The standard InChI is InChI=1S/C14H17ClN6O/c1-3-21-22-11(2)6-14(20-10-16)13(15)9-18-8-12-7-17-4-5-19-12/h3-7,9-10,16,18H,8H2,1-2H3/b11-6+,13-9-,16-10?,20-14-,21-3+. The van der Waals surface area contributed by atoms with Crippen molar-refractivity contribution in [2.24, 2.45) is 10.1 Å². The highest BCUT2D eigenvalue weighted by Crippen LogP contribution is 2.08. The molecular weight excluding hydrogens is 304 g/mol. The van der Waals surface area contributed by atoms with E-state index in [1.165, 1.54) is 6.21 Å². The Morgan fingerprint density at radius 1 is 1.50 bits per heavy atom. The minimum absolute atomic E-state index is 0.329. The van der Waals surface area contributed by atoms with Crippen molar-refractivity contribution in [3.05, 3.63) is 47.4 Å². The molecule has 116 valence electrons. The van der Waals surface area contributed by atoms with E-state index < -0.39 is 0 Å². The van der Waals surface area contributed by atoms with Crippen LogP contribution in [0.25, 0.3) is 0 Å². The van der Waals surface area contributed by atoms with Gasteiger partial charge in [-0.05, 0) is 13.8 Å². The molecule has 0 atom stereocenters. The summed E-state index contributed by atoms with van der Waals surface area (Å²) in [5.74, 6) is 0.499. The Kier molecular flexibility index (Phi) is 8.14.